The summed E-state index contributed by atoms with van der Waals surface area (Å²) in [6.45, 7) is 3.74. The molecule has 1 unspecified atom stereocenters. The fourth-order valence-electron chi connectivity index (χ4n) is 3.34. The molecule has 180 valence electrons. The van der Waals surface area contributed by atoms with Crippen molar-refractivity contribution in [2.24, 2.45) is 0 Å². The first-order valence-electron chi connectivity index (χ1n) is 10.6. The highest BCUT2D eigenvalue weighted by Gasteiger charge is 2.32. The van der Waals surface area contributed by atoms with E-state index in [4.69, 9.17) is 23.2 Å². The van der Waals surface area contributed by atoms with Crippen LogP contribution in [0.3, 0.4) is 0 Å². The zero-order valence-corrected chi connectivity index (χ0v) is 21.3. The van der Waals surface area contributed by atoms with E-state index in [0.29, 0.717) is 23.6 Å². The molecule has 0 aliphatic rings. The first kappa shape index (κ1) is 27.0. The maximum atomic E-state index is 13.5. The molecule has 0 aliphatic carbocycles. The molecular weight excluding hydrogens is 485 g/mol. The summed E-state index contributed by atoms with van der Waals surface area (Å²) in [7, 11) is -3.84. The number of para-hydroxylation sites is 1. The van der Waals surface area contributed by atoms with Gasteiger partial charge in [0.25, 0.3) is 0 Å². The molecule has 2 amide bonds. The summed E-state index contributed by atoms with van der Waals surface area (Å²) in [5.41, 5.74) is 0.842. The Kier molecular flexibility index (Phi) is 10.0. The van der Waals surface area contributed by atoms with Crippen molar-refractivity contribution in [1.29, 1.82) is 0 Å². The third kappa shape index (κ3) is 7.35. The summed E-state index contributed by atoms with van der Waals surface area (Å²) in [6.07, 6.45) is 2.10. The normalized spacial score (nSPS) is 12.2. The van der Waals surface area contributed by atoms with Crippen LogP contribution in [-0.2, 0) is 26.2 Å². The van der Waals surface area contributed by atoms with E-state index in [1.165, 1.54) is 11.0 Å². The zero-order chi connectivity index (χ0) is 24.6. The highest BCUT2D eigenvalue weighted by molar-refractivity contribution is 7.92. The summed E-state index contributed by atoms with van der Waals surface area (Å²) in [5, 5.41) is 3.47. The number of carbonyl (C=O) groups is 2. The second-order valence-corrected chi connectivity index (χ2v) is 10.3. The fourth-order valence-corrected chi connectivity index (χ4v) is 4.69. The highest BCUT2D eigenvalue weighted by atomic mass is 35.5. The average Bonchev–Trinajstić information content (AvgIpc) is 2.76. The Balaban J connectivity index is 2.45. The lowest BCUT2D eigenvalue weighted by Gasteiger charge is -2.33. The highest BCUT2D eigenvalue weighted by Crippen LogP contribution is 2.28. The number of nitrogens with zero attached hydrogens (tertiary/aromatic N) is 2. The van der Waals surface area contributed by atoms with Gasteiger partial charge in [-0.25, -0.2) is 8.42 Å². The topological polar surface area (TPSA) is 86.8 Å². The van der Waals surface area contributed by atoms with Crippen LogP contribution in [0.1, 0.15) is 32.3 Å². The van der Waals surface area contributed by atoms with Crippen molar-refractivity contribution in [3.05, 3.63) is 64.1 Å². The Hall–Kier alpha value is -2.29. The van der Waals surface area contributed by atoms with E-state index >= 15 is 0 Å². The average molecular weight is 514 g/mol. The fraction of sp³-hybridized carbons (Fsp3) is 0.391. The zero-order valence-electron chi connectivity index (χ0n) is 18.9. The van der Waals surface area contributed by atoms with Gasteiger partial charge in [-0.3, -0.25) is 13.9 Å². The molecule has 1 atom stereocenters. The van der Waals surface area contributed by atoms with Gasteiger partial charge in [0.05, 0.1) is 17.0 Å². The molecule has 0 saturated heterocycles. The second kappa shape index (κ2) is 12.3. The van der Waals surface area contributed by atoms with Gasteiger partial charge < -0.3 is 10.2 Å². The molecule has 2 rings (SSSR count). The van der Waals surface area contributed by atoms with Crippen LogP contribution in [0, 0.1) is 0 Å². The number of hydrogen-bond acceptors (Lipinski definition) is 4. The van der Waals surface area contributed by atoms with Gasteiger partial charge in [-0.15, -0.1) is 0 Å². The quantitative estimate of drug-likeness (QED) is 0.490. The number of nitrogens with one attached hydrogen (secondary N) is 1. The van der Waals surface area contributed by atoms with Crippen LogP contribution in [0.2, 0.25) is 10.0 Å². The number of carbonyl (C=O) groups excluding carboxylic acids is 2. The molecule has 33 heavy (non-hydrogen) atoms. The lowest BCUT2D eigenvalue weighted by atomic mass is 10.1. The molecular formula is C23H29Cl2N3O4S. The van der Waals surface area contributed by atoms with E-state index < -0.39 is 28.5 Å². The summed E-state index contributed by atoms with van der Waals surface area (Å²) >= 11 is 12.5. The minimum absolute atomic E-state index is 0.0523. The standard InChI is InChI=1S/C23H29Cl2N3O4S/c1-4-14-26-23(30)20(5-2)27(15-17-10-6-7-11-18(17)24)22(29)16-28(33(3,31)32)21-13-9-8-12-19(21)25/h6-13,20H,4-5,14-16H2,1-3H3,(H,26,30). The van der Waals surface area contributed by atoms with Crippen LogP contribution in [0.15, 0.2) is 48.5 Å². The lowest BCUT2D eigenvalue weighted by molar-refractivity contribution is -0.140. The Labute approximate surface area is 205 Å². The summed E-state index contributed by atoms with van der Waals surface area (Å²) < 4.78 is 26.1. The van der Waals surface area contributed by atoms with Crippen molar-refractivity contribution in [3.63, 3.8) is 0 Å². The number of rotatable bonds is 11. The van der Waals surface area contributed by atoms with E-state index in [-0.39, 0.29) is 23.2 Å². The van der Waals surface area contributed by atoms with Crippen LogP contribution in [0.5, 0.6) is 0 Å². The Bertz CT molecular complexity index is 1080. The van der Waals surface area contributed by atoms with Gasteiger partial charge in [0.2, 0.25) is 21.8 Å². The van der Waals surface area contributed by atoms with Crippen molar-refractivity contribution in [2.45, 2.75) is 39.3 Å². The van der Waals surface area contributed by atoms with Crippen LogP contribution >= 0.6 is 23.2 Å². The molecule has 7 nitrogen and oxygen atoms in total. The number of benzene rings is 2. The smallest absolute Gasteiger partial charge is 0.244 e. The predicted octanol–water partition coefficient (Wildman–Crippen LogP) is 4.09. The second-order valence-electron chi connectivity index (χ2n) is 7.55. The first-order valence-corrected chi connectivity index (χ1v) is 13.2. The number of amides is 2. The molecule has 0 radical (unpaired) electrons. The molecule has 2 aromatic carbocycles. The lowest BCUT2D eigenvalue weighted by Crippen LogP contribution is -2.52. The molecule has 10 heteroatoms. The third-order valence-corrected chi connectivity index (χ3v) is 6.85. The third-order valence-electron chi connectivity index (χ3n) is 5.03. The number of halogens is 2. The SMILES string of the molecule is CCCNC(=O)C(CC)N(Cc1ccccc1Cl)C(=O)CN(c1ccccc1Cl)S(C)(=O)=O. The maximum absolute atomic E-state index is 13.5. The van der Waals surface area contributed by atoms with Crippen molar-refractivity contribution in [2.75, 3.05) is 23.7 Å². The van der Waals surface area contributed by atoms with Crippen molar-refractivity contribution in [3.8, 4) is 0 Å². The molecule has 0 saturated carbocycles. The van der Waals surface area contributed by atoms with E-state index in [0.717, 1.165) is 17.0 Å². The van der Waals surface area contributed by atoms with Gasteiger partial charge >= 0.3 is 0 Å². The van der Waals surface area contributed by atoms with Gasteiger partial charge in [0.1, 0.15) is 12.6 Å². The van der Waals surface area contributed by atoms with E-state index in [9.17, 15) is 18.0 Å². The molecule has 0 bridgehead atoms. The number of sulfonamides is 1. The molecule has 0 aliphatic heterocycles. The van der Waals surface area contributed by atoms with E-state index in [1.807, 2.05) is 6.92 Å². The summed E-state index contributed by atoms with van der Waals surface area (Å²) in [5.74, 6) is -0.845. The van der Waals surface area contributed by atoms with Crippen LogP contribution in [0.25, 0.3) is 0 Å². The molecule has 0 heterocycles. The summed E-state index contributed by atoms with van der Waals surface area (Å²) in [4.78, 5) is 27.8. The van der Waals surface area contributed by atoms with Crippen molar-refractivity contribution < 1.29 is 18.0 Å². The van der Waals surface area contributed by atoms with Gasteiger partial charge in [-0.2, -0.15) is 0 Å². The Morgan fingerprint density at radius 3 is 2.15 bits per heavy atom. The first-order chi connectivity index (χ1) is 15.6. The predicted molar refractivity (Wildman–Crippen MR) is 133 cm³/mol. The Morgan fingerprint density at radius 1 is 1.00 bits per heavy atom. The van der Waals surface area contributed by atoms with Gasteiger partial charge in [0.15, 0.2) is 0 Å². The van der Waals surface area contributed by atoms with Crippen molar-refractivity contribution >= 4 is 50.7 Å². The molecule has 0 spiro atoms. The van der Waals surface area contributed by atoms with Crippen LogP contribution < -0.4 is 9.62 Å². The monoisotopic (exact) mass is 513 g/mol. The van der Waals surface area contributed by atoms with Gasteiger partial charge in [0, 0.05) is 18.1 Å². The molecule has 2 aromatic rings. The largest absolute Gasteiger partial charge is 0.354 e. The maximum Gasteiger partial charge on any atom is 0.244 e. The minimum Gasteiger partial charge on any atom is -0.354 e. The van der Waals surface area contributed by atoms with E-state index in [1.54, 1.807) is 49.4 Å². The van der Waals surface area contributed by atoms with Crippen LogP contribution in [0.4, 0.5) is 5.69 Å². The Morgan fingerprint density at radius 2 is 1.61 bits per heavy atom. The van der Waals surface area contributed by atoms with E-state index in [2.05, 4.69) is 5.32 Å². The number of anilines is 1. The number of hydrogen-bond donors (Lipinski definition) is 1. The van der Waals surface area contributed by atoms with Gasteiger partial charge in [-0.05, 0) is 36.6 Å². The summed E-state index contributed by atoms with van der Waals surface area (Å²) in [6, 6.07) is 12.6. The minimum atomic E-state index is -3.84. The molecule has 0 aromatic heterocycles. The molecule has 0 fully saturated rings. The van der Waals surface area contributed by atoms with Gasteiger partial charge in [-0.1, -0.05) is 67.4 Å². The molecule has 1 N–H and O–H groups in total. The van der Waals surface area contributed by atoms with Crippen molar-refractivity contribution in [1.82, 2.24) is 10.2 Å². The van der Waals surface area contributed by atoms with Crippen LogP contribution in [-0.4, -0.2) is 50.5 Å².